The molecule has 164 valence electrons. The SMILES string of the molecule is Cc1cc(C)nc(OC2CCC(NC(=O)C3CC(=O)N(C4CCOCC4)C3)CC2)n1. The van der Waals surface area contributed by atoms with Crippen LogP contribution in [0.15, 0.2) is 6.07 Å². The molecule has 1 saturated carbocycles. The maximum Gasteiger partial charge on any atom is 0.317 e. The molecule has 0 spiro atoms. The average Bonchev–Trinajstić information content (AvgIpc) is 3.11. The van der Waals surface area contributed by atoms with E-state index in [2.05, 4.69) is 15.3 Å². The van der Waals surface area contributed by atoms with Gasteiger partial charge in [0.25, 0.3) is 0 Å². The molecule has 1 atom stereocenters. The van der Waals surface area contributed by atoms with Crippen molar-refractivity contribution < 1.29 is 19.1 Å². The first-order valence-corrected chi connectivity index (χ1v) is 11.1. The first-order chi connectivity index (χ1) is 14.5. The van der Waals surface area contributed by atoms with E-state index in [9.17, 15) is 9.59 Å². The number of hydrogen-bond donors (Lipinski definition) is 1. The van der Waals surface area contributed by atoms with Crippen LogP contribution in [-0.2, 0) is 14.3 Å². The van der Waals surface area contributed by atoms with Gasteiger partial charge in [0.15, 0.2) is 0 Å². The van der Waals surface area contributed by atoms with Gasteiger partial charge >= 0.3 is 6.01 Å². The second-order valence-corrected chi connectivity index (χ2v) is 8.82. The number of amides is 2. The van der Waals surface area contributed by atoms with E-state index in [1.54, 1.807) is 0 Å². The summed E-state index contributed by atoms with van der Waals surface area (Å²) in [6, 6.07) is 2.74. The van der Waals surface area contributed by atoms with Gasteiger partial charge in [-0.3, -0.25) is 9.59 Å². The fourth-order valence-corrected chi connectivity index (χ4v) is 4.80. The molecule has 1 aromatic rings. The zero-order chi connectivity index (χ0) is 21.1. The third-order valence-electron chi connectivity index (χ3n) is 6.42. The first kappa shape index (κ1) is 21.0. The Kier molecular flexibility index (Phi) is 6.51. The number of nitrogens with zero attached hydrogens (tertiary/aromatic N) is 3. The molecule has 1 N–H and O–H groups in total. The van der Waals surface area contributed by atoms with Crippen molar-refractivity contribution in [3.63, 3.8) is 0 Å². The Morgan fingerprint density at radius 2 is 1.77 bits per heavy atom. The van der Waals surface area contributed by atoms with E-state index in [0.29, 0.717) is 32.2 Å². The molecule has 0 bridgehead atoms. The van der Waals surface area contributed by atoms with Crippen LogP contribution in [0.1, 0.15) is 56.3 Å². The van der Waals surface area contributed by atoms with Gasteiger partial charge in [-0.05, 0) is 58.4 Å². The Labute approximate surface area is 177 Å². The van der Waals surface area contributed by atoms with Crippen LogP contribution in [0.3, 0.4) is 0 Å². The van der Waals surface area contributed by atoms with Gasteiger partial charge in [0.1, 0.15) is 6.10 Å². The summed E-state index contributed by atoms with van der Waals surface area (Å²) >= 11 is 0. The molecule has 30 heavy (non-hydrogen) atoms. The summed E-state index contributed by atoms with van der Waals surface area (Å²) in [5, 5.41) is 3.18. The summed E-state index contributed by atoms with van der Waals surface area (Å²) in [4.78, 5) is 35.8. The van der Waals surface area contributed by atoms with Gasteiger partial charge < -0.3 is 19.7 Å². The van der Waals surface area contributed by atoms with Gasteiger partial charge in [0.2, 0.25) is 11.8 Å². The summed E-state index contributed by atoms with van der Waals surface area (Å²) in [6.45, 7) is 5.81. The van der Waals surface area contributed by atoms with Crippen LogP contribution in [0.2, 0.25) is 0 Å². The van der Waals surface area contributed by atoms with Gasteiger partial charge in [0.05, 0.1) is 5.92 Å². The number of ether oxygens (including phenoxy) is 2. The fraction of sp³-hybridized carbons (Fsp3) is 0.727. The van der Waals surface area contributed by atoms with Crippen LogP contribution in [0, 0.1) is 19.8 Å². The highest BCUT2D eigenvalue weighted by molar-refractivity contribution is 5.89. The molecule has 8 heteroatoms. The number of carbonyl (C=O) groups excluding carboxylic acids is 2. The highest BCUT2D eigenvalue weighted by Crippen LogP contribution is 2.27. The smallest absolute Gasteiger partial charge is 0.317 e. The molecule has 1 aromatic heterocycles. The molecule has 2 aliphatic heterocycles. The van der Waals surface area contributed by atoms with E-state index >= 15 is 0 Å². The van der Waals surface area contributed by atoms with Gasteiger partial charge in [-0.15, -0.1) is 0 Å². The lowest BCUT2D eigenvalue weighted by atomic mass is 9.92. The molecule has 3 heterocycles. The molecule has 1 unspecified atom stereocenters. The molecule has 3 fully saturated rings. The van der Waals surface area contributed by atoms with Crippen LogP contribution >= 0.6 is 0 Å². The minimum atomic E-state index is -0.238. The molecular weight excluding hydrogens is 384 g/mol. The van der Waals surface area contributed by atoms with Crippen molar-refractivity contribution in [2.45, 2.75) is 77.0 Å². The number of carbonyl (C=O) groups is 2. The number of rotatable bonds is 5. The molecule has 4 rings (SSSR count). The van der Waals surface area contributed by atoms with Crippen LogP contribution in [0.25, 0.3) is 0 Å². The maximum absolute atomic E-state index is 12.8. The zero-order valence-corrected chi connectivity index (χ0v) is 17.9. The van der Waals surface area contributed by atoms with Gasteiger partial charge in [0, 0.05) is 49.7 Å². The van der Waals surface area contributed by atoms with Crippen molar-refractivity contribution in [2.75, 3.05) is 19.8 Å². The highest BCUT2D eigenvalue weighted by Gasteiger charge is 2.39. The lowest BCUT2D eigenvalue weighted by molar-refractivity contribution is -0.131. The largest absolute Gasteiger partial charge is 0.460 e. The van der Waals surface area contributed by atoms with Crippen molar-refractivity contribution >= 4 is 11.8 Å². The molecule has 0 radical (unpaired) electrons. The van der Waals surface area contributed by atoms with Crippen LogP contribution in [0.4, 0.5) is 0 Å². The van der Waals surface area contributed by atoms with E-state index in [1.165, 1.54) is 0 Å². The molecule has 1 aliphatic carbocycles. The average molecular weight is 417 g/mol. The predicted octanol–water partition coefficient (Wildman–Crippen LogP) is 1.93. The van der Waals surface area contributed by atoms with E-state index in [1.807, 2.05) is 24.8 Å². The van der Waals surface area contributed by atoms with Gasteiger partial charge in [-0.25, -0.2) is 9.97 Å². The number of hydrogen-bond acceptors (Lipinski definition) is 6. The molecule has 0 aromatic carbocycles. The Morgan fingerprint density at radius 1 is 1.10 bits per heavy atom. The van der Waals surface area contributed by atoms with E-state index in [0.717, 1.165) is 49.9 Å². The quantitative estimate of drug-likeness (QED) is 0.788. The van der Waals surface area contributed by atoms with Crippen molar-refractivity contribution in [1.82, 2.24) is 20.2 Å². The van der Waals surface area contributed by atoms with Crippen LogP contribution in [-0.4, -0.2) is 64.6 Å². The summed E-state index contributed by atoms with van der Waals surface area (Å²) in [5.74, 6) is -0.120. The standard InChI is InChI=1S/C22H32N4O4/c1-14-11-15(2)24-22(23-14)30-19-5-3-17(4-6-19)25-21(28)16-12-20(27)26(13-16)18-7-9-29-10-8-18/h11,16-19H,3-10,12-13H2,1-2H3,(H,25,28). The monoisotopic (exact) mass is 416 g/mol. The molecule has 2 saturated heterocycles. The van der Waals surface area contributed by atoms with Crippen LogP contribution < -0.4 is 10.1 Å². The van der Waals surface area contributed by atoms with Crippen molar-refractivity contribution in [1.29, 1.82) is 0 Å². The Bertz CT molecular complexity index is 752. The highest BCUT2D eigenvalue weighted by atomic mass is 16.5. The second kappa shape index (κ2) is 9.29. The third-order valence-corrected chi connectivity index (χ3v) is 6.42. The number of nitrogens with one attached hydrogen (secondary N) is 1. The van der Waals surface area contributed by atoms with Crippen LogP contribution in [0.5, 0.6) is 6.01 Å². The van der Waals surface area contributed by atoms with Crippen molar-refractivity contribution in [3.05, 3.63) is 17.5 Å². The summed E-state index contributed by atoms with van der Waals surface area (Å²) in [5.41, 5.74) is 1.80. The fourth-order valence-electron chi connectivity index (χ4n) is 4.80. The molecule has 3 aliphatic rings. The summed E-state index contributed by atoms with van der Waals surface area (Å²) in [6.07, 6.45) is 5.60. The van der Waals surface area contributed by atoms with Crippen molar-refractivity contribution in [2.24, 2.45) is 5.92 Å². The Hall–Kier alpha value is -2.22. The number of likely N-dealkylation sites (tertiary alicyclic amines) is 1. The predicted molar refractivity (Wildman–Crippen MR) is 110 cm³/mol. The lowest BCUT2D eigenvalue weighted by Gasteiger charge is -2.31. The third kappa shape index (κ3) is 5.09. The normalized spacial score (nSPS) is 27.9. The maximum atomic E-state index is 12.8. The van der Waals surface area contributed by atoms with E-state index in [-0.39, 0.29) is 35.9 Å². The minimum absolute atomic E-state index is 0.0138. The number of aryl methyl sites for hydroxylation is 2. The Balaban J connectivity index is 1.23. The molecule has 8 nitrogen and oxygen atoms in total. The topological polar surface area (TPSA) is 93.6 Å². The Morgan fingerprint density at radius 3 is 2.43 bits per heavy atom. The van der Waals surface area contributed by atoms with Gasteiger partial charge in [-0.2, -0.15) is 0 Å². The minimum Gasteiger partial charge on any atom is -0.460 e. The van der Waals surface area contributed by atoms with E-state index < -0.39 is 0 Å². The van der Waals surface area contributed by atoms with Gasteiger partial charge in [-0.1, -0.05) is 0 Å². The summed E-state index contributed by atoms with van der Waals surface area (Å²) < 4.78 is 11.4. The lowest BCUT2D eigenvalue weighted by Crippen LogP contribution is -2.44. The first-order valence-electron chi connectivity index (χ1n) is 11.1. The molecular formula is C22H32N4O4. The van der Waals surface area contributed by atoms with Crippen molar-refractivity contribution in [3.8, 4) is 6.01 Å². The molecule has 2 amide bonds. The zero-order valence-electron chi connectivity index (χ0n) is 17.9. The summed E-state index contributed by atoms with van der Waals surface area (Å²) in [7, 11) is 0. The van der Waals surface area contributed by atoms with E-state index in [4.69, 9.17) is 9.47 Å². The second-order valence-electron chi connectivity index (χ2n) is 8.82. The number of aromatic nitrogens is 2.